The molecular formula is C18H22N4O. The Bertz CT molecular complexity index is 701. The monoisotopic (exact) mass is 310 g/mol. The average Bonchev–Trinajstić information content (AvgIpc) is 2.57. The van der Waals surface area contributed by atoms with Crippen LogP contribution in [0, 0.1) is 0 Å². The van der Waals surface area contributed by atoms with E-state index >= 15 is 0 Å². The highest BCUT2D eigenvalue weighted by molar-refractivity contribution is 5.94. The molecule has 5 N–H and O–H groups in total. The zero-order valence-corrected chi connectivity index (χ0v) is 13.0. The van der Waals surface area contributed by atoms with Crippen LogP contribution in [0.3, 0.4) is 0 Å². The van der Waals surface area contributed by atoms with Gasteiger partial charge in [-0.15, -0.1) is 0 Å². The fourth-order valence-corrected chi connectivity index (χ4v) is 3.07. The molecule has 0 aliphatic heterocycles. The van der Waals surface area contributed by atoms with Gasteiger partial charge in [-0.1, -0.05) is 25.0 Å². The van der Waals surface area contributed by atoms with Gasteiger partial charge in [0, 0.05) is 23.8 Å². The predicted molar refractivity (Wildman–Crippen MR) is 92.0 cm³/mol. The number of nitrogens with two attached hydrogens (primary N) is 2. The molecular weight excluding hydrogens is 288 g/mol. The summed E-state index contributed by atoms with van der Waals surface area (Å²) in [7, 11) is 0. The fraction of sp³-hybridized carbons (Fsp3) is 0.333. The van der Waals surface area contributed by atoms with Gasteiger partial charge in [-0.3, -0.25) is 4.79 Å². The van der Waals surface area contributed by atoms with E-state index in [0.29, 0.717) is 5.56 Å². The maximum Gasteiger partial charge on any atom is 0.248 e. The zero-order valence-electron chi connectivity index (χ0n) is 13.0. The van der Waals surface area contributed by atoms with E-state index in [0.717, 1.165) is 29.8 Å². The number of pyridine rings is 1. The molecule has 1 aliphatic rings. The molecule has 1 saturated carbocycles. The second-order valence-electron chi connectivity index (χ2n) is 6.07. The van der Waals surface area contributed by atoms with Gasteiger partial charge in [-0.25, -0.2) is 4.98 Å². The minimum absolute atomic E-state index is 0.174. The van der Waals surface area contributed by atoms with Gasteiger partial charge in [0.05, 0.1) is 0 Å². The largest absolute Gasteiger partial charge is 0.366 e. The summed E-state index contributed by atoms with van der Waals surface area (Å²) in [6.07, 6.45) is 6.30. The Morgan fingerprint density at radius 3 is 2.70 bits per heavy atom. The van der Waals surface area contributed by atoms with Gasteiger partial charge < -0.3 is 16.8 Å². The molecule has 1 heterocycles. The lowest BCUT2D eigenvalue weighted by Crippen LogP contribution is -2.42. The molecule has 0 unspecified atom stereocenters. The molecule has 0 saturated heterocycles. The van der Waals surface area contributed by atoms with Crippen LogP contribution < -0.4 is 16.8 Å². The lowest BCUT2D eigenvalue weighted by atomic mass is 9.91. The number of carbonyl (C=O) groups is 1. The van der Waals surface area contributed by atoms with Gasteiger partial charge in [0.25, 0.3) is 0 Å². The summed E-state index contributed by atoms with van der Waals surface area (Å²) in [5.74, 6) is 0.391. The van der Waals surface area contributed by atoms with Crippen molar-refractivity contribution < 1.29 is 4.79 Å². The van der Waals surface area contributed by atoms with E-state index in [-0.39, 0.29) is 12.1 Å². The normalized spacial score (nSPS) is 20.9. The van der Waals surface area contributed by atoms with Crippen LogP contribution in [0.15, 0.2) is 42.6 Å². The Labute approximate surface area is 136 Å². The van der Waals surface area contributed by atoms with Crippen LogP contribution in [0.2, 0.25) is 0 Å². The predicted octanol–water partition coefficient (Wildman–Crippen LogP) is 2.53. The lowest BCUT2D eigenvalue weighted by molar-refractivity contribution is 0.100. The van der Waals surface area contributed by atoms with E-state index in [1.807, 2.05) is 24.3 Å². The number of carbonyl (C=O) groups excluding carboxylic acids is 1. The van der Waals surface area contributed by atoms with Crippen molar-refractivity contribution >= 4 is 11.7 Å². The number of amides is 1. The van der Waals surface area contributed by atoms with Crippen molar-refractivity contribution in [1.82, 2.24) is 4.98 Å². The summed E-state index contributed by atoms with van der Waals surface area (Å²) < 4.78 is 0. The van der Waals surface area contributed by atoms with Crippen LogP contribution in [0.4, 0.5) is 5.82 Å². The quantitative estimate of drug-likeness (QED) is 0.809. The molecule has 1 fully saturated rings. The summed E-state index contributed by atoms with van der Waals surface area (Å²) in [4.78, 5) is 15.7. The molecule has 3 rings (SSSR count). The highest BCUT2D eigenvalue weighted by Gasteiger charge is 2.21. The Kier molecular flexibility index (Phi) is 4.57. The van der Waals surface area contributed by atoms with Crippen molar-refractivity contribution in [3.8, 4) is 11.1 Å². The van der Waals surface area contributed by atoms with E-state index in [1.165, 1.54) is 12.8 Å². The Morgan fingerprint density at radius 1 is 1.13 bits per heavy atom. The standard InChI is InChI=1S/C18H22N4O/c19-15-6-1-2-7-16(15)22-17-11-13(8-9-21-17)12-4-3-5-14(10-12)18(20)23/h3-5,8-11,15-16H,1-2,6-7,19H2,(H2,20,23)(H,21,22)/t15-,16-/m1/s1. The fourth-order valence-electron chi connectivity index (χ4n) is 3.07. The van der Waals surface area contributed by atoms with Crippen LogP contribution in [-0.2, 0) is 0 Å². The maximum absolute atomic E-state index is 11.3. The molecule has 0 spiro atoms. The Hall–Kier alpha value is -2.40. The third-order valence-corrected chi connectivity index (χ3v) is 4.39. The van der Waals surface area contributed by atoms with Gasteiger partial charge in [0.2, 0.25) is 5.91 Å². The topological polar surface area (TPSA) is 94.0 Å². The molecule has 120 valence electrons. The second-order valence-corrected chi connectivity index (χ2v) is 6.07. The number of primary amides is 1. The van der Waals surface area contributed by atoms with Crippen LogP contribution in [-0.4, -0.2) is 23.0 Å². The van der Waals surface area contributed by atoms with Gasteiger partial charge in [-0.2, -0.15) is 0 Å². The van der Waals surface area contributed by atoms with Crippen LogP contribution >= 0.6 is 0 Å². The number of hydrogen-bond acceptors (Lipinski definition) is 4. The number of aromatic nitrogens is 1. The van der Waals surface area contributed by atoms with Gasteiger partial charge in [0.1, 0.15) is 5.82 Å². The van der Waals surface area contributed by atoms with Crippen molar-refractivity contribution in [2.75, 3.05) is 5.32 Å². The molecule has 0 bridgehead atoms. The van der Waals surface area contributed by atoms with Crippen molar-refractivity contribution in [3.05, 3.63) is 48.2 Å². The zero-order chi connectivity index (χ0) is 16.2. The summed E-state index contributed by atoms with van der Waals surface area (Å²) in [5, 5.41) is 3.45. The maximum atomic E-state index is 11.3. The minimum Gasteiger partial charge on any atom is -0.366 e. The smallest absolute Gasteiger partial charge is 0.248 e. The number of benzene rings is 1. The Morgan fingerprint density at radius 2 is 1.91 bits per heavy atom. The molecule has 5 nitrogen and oxygen atoms in total. The molecule has 1 amide bonds. The summed E-state index contributed by atoms with van der Waals surface area (Å²) in [6.45, 7) is 0. The van der Waals surface area contributed by atoms with E-state index < -0.39 is 5.91 Å². The van der Waals surface area contributed by atoms with Crippen molar-refractivity contribution in [1.29, 1.82) is 0 Å². The summed E-state index contributed by atoms with van der Waals surface area (Å²) in [6, 6.07) is 11.7. The number of rotatable bonds is 4. The SMILES string of the molecule is NC(=O)c1cccc(-c2ccnc(N[C@@H]3CCCC[C@H]3N)c2)c1. The van der Waals surface area contributed by atoms with Gasteiger partial charge in [-0.05, 0) is 48.2 Å². The van der Waals surface area contributed by atoms with E-state index in [9.17, 15) is 4.79 Å². The van der Waals surface area contributed by atoms with Gasteiger partial charge in [0.15, 0.2) is 0 Å². The first-order valence-electron chi connectivity index (χ1n) is 8.02. The molecule has 1 aromatic carbocycles. The highest BCUT2D eigenvalue weighted by Crippen LogP contribution is 2.25. The summed E-state index contributed by atoms with van der Waals surface area (Å²) >= 11 is 0. The average molecular weight is 310 g/mol. The van der Waals surface area contributed by atoms with Crippen molar-refractivity contribution in [3.63, 3.8) is 0 Å². The highest BCUT2D eigenvalue weighted by atomic mass is 16.1. The van der Waals surface area contributed by atoms with Crippen molar-refractivity contribution in [2.45, 2.75) is 37.8 Å². The lowest BCUT2D eigenvalue weighted by Gasteiger charge is -2.29. The molecule has 2 aromatic rings. The number of hydrogen-bond donors (Lipinski definition) is 3. The minimum atomic E-state index is -0.424. The van der Waals surface area contributed by atoms with E-state index in [2.05, 4.69) is 10.3 Å². The third-order valence-electron chi connectivity index (χ3n) is 4.39. The molecule has 5 heteroatoms. The summed E-state index contributed by atoms with van der Waals surface area (Å²) in [5.41, 5.74) is 14.0. The molecule has 0 radical (unpaired) electrons. The third kappa shape index (κ3) is 3.68. The van der Waals surface area contributed by atoms with E-state index in [4.69, 9.17) is 11.5 Å². The van der Waals surface area contributed by atoms with Crippen LogP contribution in [0.25, 0.3) is 11.1 Å². The molecule has 23 heavy (non-hydrogen) atoms. The first-order valence-corrected chi connectivity index (χ1v) is 8.02. The van der Waals surface area contributed by atoms with Crippen molar-refractivity contribution in [2.24, 2.45) is 11.5 Å². The molecule has 2 atom stereocenters. The Balaban J connectivity index is 1.82. The van der Waals surface area contributed by atoms with E-state index in [1.54, 1.807) is 18.3 Å². The van der Waals surface area contributed by atoms with Crippen LogP contribution in [0.5, 0.6) is 0 Å². The second kappa shape index (κ2) is 6.79. The van der Waals surface area contributed by atoms with Gasteiger partial charge >= 0.3 is 0 Å². The first kappa shape index (κ1) is 15.5. The first-order chi connectivity index (χ1) is 11.1. The number of anilines is 1. The molecule has 1 aliphatic carbocycles. The molecule has 1 aromatic heterocycles. The number of nitrogens with one attached hydrogen (secondary N) is 1. The number of nitrogens with zero attached hydrogens (tertiary/aromatic N) is 1. The van der Waals surface area contributed by atoms with Crippen LogP contribution in [0.1, 0.15) is 36.0 Å².